The molecular formula is C18H32O8P4S2. The van der Waals surface area contributed by atoms with Crippen molar-refractivity contribution in [1.82, 2.24) is 0 Å². The van der Waals surface area contributed by atoms with Crippen LogP contribution >= 0.6 is 33.5 Å². The third-order valence-corrected chi connectivity index (χ3v) is 6.50. The van der Waals surface area contributed by atoms with E-state index in [4.69, 9.17) is 14.0 Å². The van der Waals surface area contributed by atoms with Crippen molar-refractivity contribution in [2.75, 3.05) is 27.5 Å². The Balaban J connectivity index is 0. The summed E-state index contributed by atoms with van der Waals surface area (Å²) in [6, 6.07) is 12.5. The number of rotatable bonds is 4. The summed E-state index contributed by atoms with van der Waals surface area (Å²) in [5.41, 5.74) is 1.97. The molecule has 14 heteroatoms. The standard InChI is InChI=1S/C8H10O3S.C7H8O3S.C2H8OP2.CH6OP2/c1-7-3-5-8(6-4-7)12(9,10)11-2;1-6-2-4-7(5-3-6)11(8,9)10;1-3-5(2)4;1-4(2)3/h3-6H,1-2H3;2-5H,1H3,(H,8,9,10);4H2,1-2H3;2H,3H2,1H3. The van der Waals surface area contributed by atoms with Gasteiger partial charge in [0, 0.05) is 22.8 Å². The molecule has 0 saturated heterocycles. The van der Waals surface area contributed by atoms with Gasteiger partial charge in [0.25, 0.3) is 20.2 Å². The Morgan fingerprint density at radius 2 is 1.06 bits per heavy atom. The van der Waals surface area contributed by atoms with E-state index in [1.54, 1.807) is 38.0 Å². The highest BCUT2D eigenvalue weighted by Crippen LogP contribution is 2.39. The molecule has 0 bridgehead atoms. The number of hydrogen-bond donors (Lipinski definition) is 2. The number of hydrogen-bond acceptors (Lipinski definition) is 7. The zero-order chi connectivity index (χ0) is 25.5. The third kappa shape index (κ3) is 18.3. The molecule has 0 fully saturated rings. The highest BCUT2D eigenvalue weighted by atomic mass is 32.2. The minimum atomic E-state index is -4.02. The van der Waals surface area contributed by atoms with Crippen LogP contribution in [0.25, 0.3) is 0 Å². The van der Waals surface area contributed by atoms with Crippen LogP contribution in [0.5, 0.6) is 0 Å². The van der Waals surface area contributed by atoms with E-state index in [-0.39, 0.29) is 17.6 Å². The smallest absolute Gasteiger partial charge is 0.296 e. The molecule has 2 N–H and O–H groups in total. The summed E-state index contributed by atoms with van der Waals surface area (Å²) in [6.45, 7) is 7.51. The summed E-state index contributed by atoms with van der Waals surface area (Å²) in [5.74, 6) is 0. The molecular weight excluding hydrogens is 532 g/mol. The molecule has 0 heterocycles. The van der Waals surface area contributed by atoms with Gasteiger partial charge in [0.2, 0.25) is 0 Å². The number of aryl methyl sites for hydroxylation is 2. The first kappa shape index (κ1) is 34.1. The Hall–Kier alpha value is -0.100. The Labute approximate surface area is 199 Å². The summed E-state index contributed by atoms with van der Waals surface area (Å²) >= 11 is 0. The SMILES string of the molecule is COP(C)P.COS(=O)(=O)c1ccc(C)cc1.CP(O)P.Cc1ccc(S(=O)(=O)O)cc1. The summed E-state index contributed by atoms with van der Waals surface area (Å²) in [6.07, 6.45) is 0. The van der Waals surface area contributed by atoms with Crippen LogP contribution < -0.4 is 0 Å². The molecule has 0 aliphatic heterocycles. The summed E-state index contributed by atoms with van der Waals surface area (Å²) in [4.78, 5) is 8.21. The predicted molar refractivity (Wildman–Crippen MR) is 141 cm³/mol. The Morgan fingerprint density at radius 1 is 0.781 bits per heavy atom. The minimum Gasteiger partial charge on any atom is -0.370 e. The van der Waals surface area contributed by atoms with Gasteiger partial charge in [0.15, 0.2) is 0 Å². The van der Waals surface area contributed by atoms with Crippen molar-refractivity contribution in [3.63, 3.8) is 0 Å². The van der Waals surface area contributed by atoms with Gasteiger partial charge in [-0.05, 0) is 51.4 Å². The fraction of sp³-hybridized carbons (Fsp3) is 0.333. The van der Waals surface area contributed by atoms with Gasteiger partial charge in [0.1, 0.15) is 0 Å². The van der Waals surface area contributed by atoms with Crippen LogP contribution in [-0.2, 0) is 28.9 Å². The number of benzene rings is 2. The van der Waals surface area contributed by atoms with E-state index in [0.29, 0.717) is 0 Å². The zero-order valence-electron chi connectivity index (χ0n) is 18.8. The van der Waals surface area contributed by atoms with Gasteiger partial charge in [0.05, 0.1) is 16.9 Å². The van der Waals surface area contributed by atoms with Gasteiger partial charge in [-0.15, -0.1) is 0 Å². The van der Waals surface area contributed by atoms with Crippen molar-refractivity contribution in [3.05, 3.63) is 59.7 Å². The molecule has 2 aromatic rings. The van der Waals surface area contributed by atoms with Gasteiger partial charge < -0.3 is 9.42 Å². The summed E-state index contributed by atoms with van der Waals surface area (Å²) < 4.78 is 60.8. The van der Waals surface area contributed by atoms with Gasteiger partial charge in [-0.2, -0.15) is 16.8 Å². The third-order valence-electron chi connectivity index (χ3n) is 3.14. The zero-order valence-corrected chi connectivity index (χ0v) is 24.6. The fourth-order valence-corrected chi connectivity index (χ4v) is 2.65. The quantitative estimate of drug-likeness (QED) is 0.308. The lowest BCUT2D eigenvalue weighted by Gasteiger charge is -2.00. The van der Waals surface area contributed by atoms with Crippen molar-refractivity contribution in [2.45, 2.75) is 23.6 Å². The van der Waals surface area contributed by atoms with Crippen LogP contribution in [0.1, 0.15) is 11.1 Å². The topological polar surface area (TPSA) is 127 Å². The maximum Gasteiger partial charge on any atom is 0.296 e. The highest BCUT2D eigenvalue weighted by molar-refractivity contribution is 8.10. The minimum absolute atomic E-state index is 0.0666. The molecule has 0 amide bonds. The van der Waals surface area contributed by atoms with Gasteiger partial charge in [-0.1, -0.05) is 53.2 Å². The molecule has 4 atom stereocenters. The predicted octanol–water partition coefficient (Wildman–Crippen LogP) is 4.82. The molecule has 0 aromatic heterocycles. The Bertz CT molecular complexity index is 960. The largest absolute Gasteiger partial charge is 0.370 e. The lowest BCUT2D eigenvalue weighted by Crippen LogP contribution is -2.02. The van der Waals surface area contributed by atoms with E-state index < -0.39 is 28.1 Å². The van der Waals surface area contributed by atoms with Crippen molar-refractivity contribution in [3.8, 4) is 0 Å². The Morgan fingerprint density at radius 3 is 1.28 bits per heavy atom. The second-order valence-corrected chi connectivity index (χ2v) is 16.2. The Kier molecular flexibility index (Phi) is 18.5. The van der Waals surface area contributed by atoms with Gasteiger partial charge in [-0.3, -0.25) is 8.74 Å². The van der Waals surface area contributed by atoms with Crippen LogP contribution in [0.15, 0.2) is 58.3 Å². The molecule has 0 aliphatic rings. The van der Waals surface area contributed by atoms with Crippen LogP contribution in [0.3, 0.4) is 0 Å². The van der Waals surface area contributed by atoms with E-state index >= 15 is 0 Å². The molecule has 8 nitrogen and oxygen atoms in total. The van der Waals surface area contributed by atoms with E-state index in [1.165, 1.54) is 24.3 Å². The van der Waals surface area contributed by atoms with Crippen molar-refractivity contribution < 1.29 is 35.0 Å². The molecule has 0 spiro atoms. The maximum absolute atomic E-state index is 11.1. The van der Waals surface area contributed by atoms with E-state index in [9.17, 15) is 16.8 Å². The summed E-state index contributed by atoms with van der Waals surface area (Å²) in [5, 5.41) is 0. The first-order chi connectivity index (χ1) is 14.6. The average Bonchev–Trinajstić information content (AvgIpc) is 2.68. The molecule has 0 radical (unpaired) electrons. The first-order valence-electron chi connectivity index (χ1n) is 8.68. The van der Waals surface area contributed by atoms with Crippen LogP contribution in [0.2, 0.25) is 0 Å². The van der Waals surface area contributed by atoms with Crippen molar-refractivity contribution in [1.29, 1.82) is 0 Å². The molecule has 0 saturated carbocycles. The fourth-order valence-electron chi connectivity index (χ4n) is 1.51. The van der Waals surface area contributed by atoms with Crippen LogP contribution in [0, 0.1) is 13.8 Å². The lowest BCUT2D eigenvalue weighted by molar-refractivity contribution is 0.397. The molecule has 2 aromatic carbocycles. The van der Waals surface area contributed by atoms with E-state index in [0.717, 1.165) is 18.2 Å². The summed E-state index contributed by atoms with van der Waals surface area (Å²) in [7, 11) is -0.711. The van der Waals surface area contributed by atoms with Gasteiger partial charge >= 0.3 is 0 Å². The monoisotopic (exact) mass is 564 g/mol. The lowest BCUT2D eigenvalue weighted by atomic mass is 10.2. The second-order valence-electron chi connectivity index (χ2n) is 6.02. The van der Waals surface area contributed by atoms with Gasteiger partial charge in [-0.25, -0.2) is 0 Å². The molecule has 2 rings (SSSR count). The molecule has 32 heavy (non-hydrogen) atoms. The maximum atomic E-state index is 11.1. The second kappa shape index (κ2) is 17.4. The molecule has 0 aliphatic carbocycles. The normalized spacial score (nSPS) is 12.6. The van der Waals surface area contributed by atoms with Crippen molar-refractivity contribution >= 4 is 53.8 Å². The highest BCUT2D eigenvalue weighted by Gasteiger charge is 2.11. The first-order valence-corrected chi connectivity index (χ1v) is 18.2. The molecule has 184 valence electrons. The van der Waals surface area contributed by atoms with Crippen LogP contribution in [-0.4, -0.2) is 53.8 Å². The van der Waals surface area contributed by atoms with Crippen LogP contribution in [0.4, 0.5) is 0 Å². The van der Waals surface area contributed by atoms with E-state index in [2.05, 4.69) is 22.0 Å². The molecule has 4 unspecified atom stereocenters. The van der Waals surface area contributed by atoms with E-state index in [1.807, 2.05) is 20.5 Å². The van der Waals surface area contributed by atoms with Crippen molar-refractivity contribution in [2.24, 2.45) is 0 Å². The average molecular weight is 564 g/mol.